The van der Waals surface area contributed by atoms with Gasteiger partial charge in [0.15, 0.2) is 0 Å². The van der Waals surface area contributed by atoms with Crippen LogP contribution in [-0.4, -0.2) is 7.85 Å². The summed E-state index contributed by atoms with van der Waals surface area (Å²) in [6.45, 7) is 7.19. The summed E-state index contributed by atoms with van der Waals surface area (Å²) in [6, 6.07) is 0. The van der Waals surface area contributed by atoms with Gasteiger partial charge in [0.2, 0.25) is 0 Å². The molecule has 0 aromatic carbocycles. The van der Waals surface area contributed by atoms with Crippen molar-refractivity contribution in [2.45, 2.75) is 64.6 Å². The highest BCUT2D eigenvalue weighted by molar-refractivity contribution is 6.16. The number of hydrogen-bond acceptors (Lipinski definition) is 0. The second-order valence-corrected chi connectivity index (χ2v) is 5.04. The van der Waals surface area contributed by atoms with Crippen molar-refractivity contribution in [1.29, 1.82) is 0 Å². The summed E-state index contributed by atoms with van der Waals surface area (Å²) in [5, 5.41) is 0.649. The van der Waals surface area contributed by atoms with Crippen molar-refractivity contribution >= 4 is 7.85 Å². The Labute approximate surface area is 78.5 Å². The SMILES string of the molecule is BC1(C(C)(CC)CC)CCCC1. The van der Waals surface area contributed by atoms with Crippen molar-refractivity contribution in [1.82, 2.24) is 0 Å². The Morgan fingerprint density at radius 1 is 1.17 bits per heavy atom. The molecule has 0 atom stereocenters. The zero-order chi connectivity index (χ0) is 9.24. The Bertz CT molecular complexity index is 139. The smallest absolute Gasteiger partial charge is 0.0649 e. The van der Waals surface area contributed by atoms with Crippen molar-refractivity contribution < 1.29 is 0 Å². The van der Waals surface area contributed by atoms with Crippen LogP contribution in [0.25, 0.3) is 0 Å². The molecule has 0 aromatic heterocycles. The summed E-state index contributed by atoms with van der Waals surface area (Å²) < 4.78 is 0. The second-order valence-electron chi connectivity index (χ2n) is 5.04. The van der Waals surface area contributed by atoms with Crippen LogP contribution in [0.5, 0.6) is 0 Å². The molecule has 0 heterocycles. The molecule has 1 heteroatoms. The van der Waals surface area contributed by atoms with Crippen molar-refractivity contribution in [2.24, 2.45) is 5.41 Å². The fraction of sp³-hybridized carbons (Fsp3) is 1.00. The van der Waals surface area contributed by atoms with Crippen molar-refractivity contribution in [3.05, 3.63) is 0 Å². The van der Waals surface area contributed by atoms with E-state index in [9.17, 15) is 0 Å². The van der Waals surface area contributed by atoms with E-state index < -0.39 is 0 Å². The topological polar surface area (TPSA) is 0 Å². The monoisotopic (exact) mass is 166 g/mol. The van der Waals surface area contributed by atoms with E-state index in [1.807, 2.05) is 0 Å². The molecule has 1 rings (SSSR count). The molecule has 0 saturated heterocycles. The van der Waals surface area contributed by atoms with E-state index in [1.54, 1.807) is 0 Å². The van der Waals surface area contributed by atoms with Gasteiger partial charge in [-0.05, 0) is 5.41 Å². The Morgan fingerprint density at radius 2 is 1.58 bits per heavy atom. The Morgan fingerprint density at radius 3 is 1.92 bits per heavy atom. The zero-order valence-corrected chi connectivity index (χ0v) is 9.24. The molecule has 0 N–H and O–H groups in total. The average molecular weight is 166 g/mol. The summed E-state index contributed by atoms with van der Waals surface area (Å²) in [5.41, 5.74) is 0.601. The molecule has 0 radical (unpaired) electrons. The minimum absolute atomic E-state index is 0.601. The van der Waals surface area contributed by atoms with Gasteiger partial charge in [-0.1, -0.05) is 64.6 Å². The molecule has 0 spiro atoms. The van der Waals surface area contributed by atoms with Gasteiger partial charge in [-0.3, -0.25) is 0 Å². The Hall–Kier alpha value is 0.0649. The van der Waals surface area contributed by atoms with Crippen LogP contribution in [0.15, 0.2) is 0 Å². The predicted octanol–water partition coefficient (Wildman–Crippen LogP) is 3.18. The standard InChI is InChI=1S/C11H23B/c1-4-10(3,5-2)11(12)8-6-7-9-11/h4-9,12H2,1-3H3. The second kappa shape index (κ2) is 3.43. The fourth-order valence-corrected chi connectivity index (χ4v) is 2.86. The Balaban J connectivity index is 2.75. The zero-order valence-electron chi connectivity index (χ0n) is 9.24. The van der Waals surface area contributed by atoms with Gasteiger partial charge in [-0.25, -0.2) is 0 Å². The van der Waals surface area contributed by atoms with E-state index in [4.69, 9.17) is 0 Å². The molecule has 12 heavy (non-hydrogen) atoms. The lowest BCUT2D eigenvalue weighted by molar-refractivity contribution is 0.189. The van der Waals surface area contributed by atoms with Gasteiger partial charge in [0.25, 0.3) is 0 Å². The molecule has 1 aliphatic rings. The lowest BCUT2D eigenvalue weighted by Gasteiger charge is -2.44. The number of hydrogen-bond donors (Lipinski definition) is 0. The van der Waals surface area contributed by atoms with Gasteiger partial charge >= 0.3 is 0 Å². The summed E-state index contributed by atoms with van der Waals surface area (Å²) in [5.74, 6) is 0. The molecule has 0 bridgehead atoms. The third-order valence-corrected chi connectivity index (χ3v) is 4.72. The van der Waals surface area contributed by atoms with Gasteiger partial charge < -0.3 is 0 Å². The fourth-order valence-electron chi connectivity index (χ4n) is 2.86. The van der Waals surface area contributed by atoms with E-state index in [0.29, 0.717) is 10.7 Å². The van der Waals surface area contributed by atoms with Crippen molar-refractivity contribution in [3.63, 3.8) is 0 Å². The third kappa shape index (κ3) is 1.43. The molecule has 1 saturated carbocycles. The summed E-state index contributed by atoms with van der Waals surface area (Å²) >= 11 is 0. The highest BCUT2D eigenvalue weighted by Gasteiger charge is 2.42. The average Bonchev–Trinajstić information content (AvgIpc) is 2.52. The van der Waals surface area contributed by atoms with Crippen molar-refractivity contribution in [2.75, 3.05) is 0 Å². The first-order valence-electron chi connectivity index (χ1n) is 5.58. The first-order valence-corrected chi connectivity index (χ1v) is 5.58. The molecule has 1 aliphatic carbocycles. The van der Waals surface area contributed by atoms with Crippen LogP contribution < -0.4 is 0 Å². The first kappa shape index (κ1) is 10.1. The van der Waals surface area contributed by atoms with Crippen LogP contribution >= 0.6 is 0 Å². The van der Waals surface area contributed by atoms with E-state index in [-0.39, 0.29) is 0 Å². The number of rotatable bonds is 3. The molecule has 0 unspecified atom stereocenters. The molecule has 70 valence electrons. The van der Waals surface area contributed by atoms with E-state index >= 15 is 0 Å². The minimum atomic E-state index is 0.601. The largest absolute Gasteiger partial charge is 0.110 e. The highest BCUT2D eigenvalue weighted by Crippen LogP contribution is 2.58. The lowest BCUT2D eigenvalue weighted by Crippen LogP contribution is -2.31. The molecular weight excluding hydrogens is 143 g/mol. The van der Waals surface area contributed by atoms with Crippen molar-refractivity contribution in [3.8, 4) is 0 Å². The maximum atomic E-state index is 2.51. The highest BCUT2D eigenvalue weighted by atomic mass is 14.4. The van der Waals surface area contributed by atoms with Crippen LogP contribution in [0, 0.1) is 5.41 Å². The van der Waals surface area contributed by atoms with Crippen LogP contribution in [0.4, 0.5) is 0 Å². The molecule has 0 nitrogen and oxygen atoms in total. The summed E-state index contributed by atoms with van der Waals surface area (Å²) in [6.07, 6.45) is 8.55. The van der Waals surface area contributed by atoms with Crippen LogP contribution in [0.1, 0.15) is 59.3 Å². The third-order valence-electron chi connectivity index (χ3n) is 4.72. The van der Waals surface area contributed by atoms with Gasteiger partial charge in [0, 0.05) is 0 Å². The lowest BCUT2D eigenvalue weighted by atomic mass is 9.50. The van der Waals surface area contributed by atoms with Gasteiger partial charge in [-0.2, -0.15) is 0 Å². The maximum Gasteiger partial charge on any atom is 0.110 e. The molecular formula is C11H23B. The van der Waals surface area contributed by atoms with Crippen LogP contribution in [0.3, 0.4) is 0 Å². The summed E-state index contributed by atoms with van der Waals surface area (Å²) in [7, 11) is 2.51. The van der Waals surface area contributed by atoms with Gasteiger partial charge in [0.05, 0.1) is 0 Å². The van der Waals surface area contributed by atoms with E-state index in [1.165, 1.54) is 38.5 Å². The summed E-state index contributed by atoms with van der Waals surface area (Å²) in [4.78, 5) is 0. The Kier molecular flexibility index (Phi) is 2.90. The van der Waals surface area contributed by atoms with E-state index in [2.05, 4.69) is 28.6 Å². The quantitative estimate of drug-likeness (QED) is 0.565. The predicted molar refractivity (Wildman–Crippen MR) is 58.4 cm³/mol. The molecule has 0 amide bonds. The minimum Gasteiger partial charge on any atom is -0.0649 e. The van der Waals surface area contributed by atoms with Crippen LogP contribution in [0.2, 0.25) is 5.31 Å². The first-order chi connectivity index (χ1) is 5.58. The molecule has 0 aliphatic heterocycles. The molecule has 1 fully saturated rings. The van der Waals surface area contributed by atoms with Gasteiger partial charge in [-0.15, -0.1) is 0 Å². The molecule has 0 aromatic rings. The van der Waals surface area contributed by atoms with E-state index in [0.717, 1.165) is 0 Å². The van der Waals surface area contributed by atoms with Crippen LogP contribution in [-0.2, 0) is 0 Å². The van der Waals surface area contributed by atoms with Gasteiger partial charge in [0.1, 0.15) is 7.85 Å². The normalized spacial score (nSPS) is 22.9. The maximum absolute atomic E-state index is 2.51.